The quantitative estimate of drug-likeness (QED) is 0.409. The minimum absolute atomic E-state index is 0. The first-order chi connectivity index (χ1) is 3.00. The molecule has 0 saturated heterocycles. The van der Waals surface area contributed by atoms with Crippen molar-refractivity contribution in [2.24, 2.45) is 0 Å². The first-order valence-electron chi connectivity index (χ1n) is 2.65. The number of allylic oxidation sites excluding steroid dienone is 2. The average Bonchev–Trinajstić information content (AvgIpc) is 1.72. The summed E-state index contributed by atoms with van der Waals surface area (Å²) in [5.74, 6) is 0. The Bertz CT molecular complexity index is 45.1. The molecule has 0 nitrogen and oxygen atoms in total. The van der Waals surface area contributed by atoms with Crippen LogP contribution in [0.25, 0.3) is 0 Å². The lowest BCUT2D eigenvalue weighted by molar-refractivity contribution is 0.730. The molecule has 0 heterocycles. The van der Waals surface area contributed by atoms with Crippen molar-refractivity contribution in [2.45, 2.75) is 33.1 Å². The monoisotopic (exact) mass is 98.1 g/mol. The molecular weight excluding hydrogens is 84.1 g/mol. The average molecular weight is 98.2 g/mol. The van der Waals surface area contributed by atoms with Gasteiger partial charge in [-0.2, -0.15) is 0 Å². The Morgan fingerprint density at radius 2 is 1.29 bits per heavy atom. The van der Waals surface area contributed by atoms with Gasteiger partial charge in [0.25, 0.3) is 0 Å². The number of hydrogen-bond acceptors (Lipinski definition) is 0. The highest BCUT2D eigenvalue weighted by Gasteiger charge is 1.87. The topological polar surface area (TPSA) is 0 Å². The minimum atomic E-state index is 0. The van der Waals surface area contributed by atoms with Crippen LogP contribution in [0.2, 0.25) is 0 Å². The van der Waals surface area contributed by atoms with Gasteiger partial charge < -0.3 is 0 Å². The molecule has 0 N–H and O–H groups in total. The summed E-state index contributed by atoms with van der Waals surface area (Å²) >= 11 is 0. The van der Waals surface area contributed by atoms with Crippen LogP contribution in [0.1, 0.15) is 33.1 Å². The maximum Gasteiger partial charge on any atom is -0.0351 e. The van der Waals surface area contributed by atoms with E-state index in [-0.39, 0.29) is 7.43 Å². The van der Waals surface area contributed by atoms with E-state index >= 15 is 0 Å². The van der Waals surface area contributed by atoms with Gasteiger partial charge in [-0.1, -0.05) is 19.6 Å². The van der Waals surface area contributed by atoms with Crippen LogP contribution in [0.4, 0.5) is 0 Å². The summed E-state index contributed by atoms with van der Waals surface area (Å²) in [5, 5.41) is 0. The Morgan fingerprint density at radius 1 is 0.857 bits per heavy atom. The first kappa shape index (κ1) is 6.74. The summed E-state index contributed by atoms with van der Waals surface area (Å²) in [5.41, 5.74) is 0. The van der Waals surface area contributed by atoms with Gasteiger partial charge in [0.1, 0.15) is 0 Å². The molecular formula is C7H14. The van der Waals surface area contributed by atoms with Gasteiger partial charge in [-0.25, -0.2) is 0 Å². The number of hydrogen-bond donors (Lipinski definition) is 0. The van der Waals surface area contributed by atoms with Crippen LogP contribution in [0.15, 0.2) is 12.2 Å². The van der Waals surface area contributed by atoms with E-state index in [1.807, 2.05) is 0 Å². The van der Waals surface area contributed by atoms with Gasteiger partial charge in [0.15, 0.2) is 0 Å². The highest BCUT2D eigenvalue weighted by molar-refractivity contribution is 4.85. The molecule has 0 saturated carbocycles. The van der Waals surface area contributed by atoms with Crippen LogP contribution in [0.3, 0.4) is 0 Å². The summed E-state index contributed by atoms with van der Waals surface area (Å²) in [7, 11) is 0. The molecule has 42 valence electrons. The SMILES string of the molecule is C.C1=CCCCC1. The van der Waals surface area contributed by atoms with E-state index in [9.17, 15) is 0 Å². The molecule has 0 aromatic rings. The zero-order chi connectivity index (χ0) is 4.24. The van der Waals surface area contributed by atoms with Gasteiger partial charge >= 0.3 is 0 Å². The van der Waals surface area contributed by atoms with Gasteiger partial charge in [-0.15, -0.1) is 0 Å². The van der Waals surface area contributed by atoms with Crippen LogP contribution >= 0.6 is 0 Å². The standard InChI is InChI=1S/C6H10.CH4/c1-2-4-6-5-3-1;/h1-2H,3-6H2;1H4. The molecule has 1 rings (SSSR count). The van der Waals surface area contributed by atoms with Crippen LogP contribution in [0, 0.1) is 0 Å². The van der Waals surface area contributed by atoms with Crippen molar-refractivity contribution >= 4 is 0 Å². The smallest absolute Gasteiger partial charge is 0.0351 e. The zero-order valence-corrected chi connectivity index (χ0v) is 3.98. The second-order valence-corrected chi connectivity index (χ2v) is 1.76. The van der Waals surface area contributed by atoms with Crippen molar-refractivity contribution in [3.05, 3.63) is 12.2 Å². The van der Waals surface area contributed by atoms with E-state index in [0.717, 1.165) is 0 Å². The van der Waals surface area contributed by atoms with Gasteiger partial charge in [0.2, 0.25) is 0 Å². The molecule has 7 heavy (non-hydrogen) atoms. The van der Waals surface area contributed by atoms with Crippen molar-refractivity contribution in [2.75, 3.05) is 0 Å². The Hall–Kier alpha value is -0.260. The van der Waals surface area contributed by atoms with Crippen LogP contribution in [-0.4, -0.2) is 0 Å². The van der Waals surface area contributed by atoms with E-state index in [1.54, 1.807) is 0 Å². The molecule has 0 heteroatoms. The third-order valence-electron chi connectivity index (χ3n) is 1.16. The summed E-state index contributed by atoms with van der Waals surface area (Å²) in [6, 6.07) is 0. The summed E-state index contributed by atoms with van der Waals surface area (Å²) in [6.45, 7) is 0. The Morgan fingerprint density at radius 3 is 1.43 bits per heavy atom. The minimum Gasteiger partial charge on any atom is -0.0885 e. The third kappa shape index (κ3) is 2.44. The largest absolute Gasteiger partial charge is 0.0885 e. The molecule has 0 radical (unpaired) electrons. The van der Waals surface area contributed by atoms with Crippen molar-refractivity contribution in [1.82, 2.24) is 0 Å². The second-order valence-electron chi connectivity index (χ2n) is 1.76. The van der Waals surface area contributed by atoms with Crippen molar-refractivity contribution in [3.8, 4) is 0 Å². The van der Waals surface area contributed by atoms with Crippen LogP contribution in [-0.2, 0) is 0 Å². The molecule has 0 aliphatic heterocycles. The normalized spacial score (nSPS) is 18.3. The molecule has 0 aromatic heterocycles. The molecule has 1 aliphatic rings. The predicted octanol–water partition coefficient (Wildman–Crippen LogP) is 2.75. The number of rotatable bonds is 0. The third-order valence-corrected chi connectivity index (χ3v) is 1.16. The Balaban J connectivity index is 0.000000360. The lowest BCUT2D eigenvalue weighted by atomic mass is 10.1. The van der Waals surface area contributed by atoms with Crippen molar-refractivity contribution in [1.29, 1.82) is 0 Å². The molecule has 0 amide bonds. The molecule has 0 atom stereocenters. The Kier molecular flexibility index (Phi) is 3.77. The fourth-order valence-corrected chi connectivity index (χ4v) is 0.760. The highest BCUT2D eigenvalue weighted by atomic mass is 13.9. The summed E-state index contributed by atoms with van der Waals surface area (Å²) < 4.78 is 0. The fraction of sp³-hybridized carbons (Fsp3) is 0.714. The zero-order valence-electron chi connectivity index (χ0n) is 3.98. The molecule has 0 bridgehead atoms. The van der Waals surface area contributed by atoms with E-state index in [2.05, 4.69) is 12.2 Å². The van der Waals surface area contributed by atoms with Gasteiger partial charge in [0.05, 0.1) is 0 Å². The molecule has 1 aliphatic carbocycles. The van der Waals surface area contributed by atoms with Crippen LogP contribution in [0.5, 0.6) is 0 Å². The molecule has 0 aromatic carbocycles. The maximum atomic E-state index is 2.27. The maximum absolute atomic E-state index is 2.27. The van der Waals surface area contributed by atoms with E-state index in [4.69, 9.17) is 0 Å². The summed E-state index contributed by atoms with van der Waals surface area (Å²) in [6.07, 6.45) is 10.0. The van der Waals surface area contributed by atoms with E-state index < -0.39 is 0 Å². The van der Waals surface area contributed by atoms with Crippen molar-refractivity contribution in [3.63, 3.8) is 0 Å². The van der Waals surface area contributed by atoms with E-state index in [0.29, 0.717) is 0 Å². The van der Waals surface area contributed by atoms with E-state index in [1.165, 1.54) is 25.7 Å². The Labute approximate surface area is 46.2 Å². The van der Waals surface area contributed by atoms with Gasteiger partial charge in [-0.3, -0.25) is 0 Å². The second kappa shape index (κ2) is 3.91. The highest BCUT2D eigenvalue weighted by Crippen LogP contribution is 2.07. The summed E-state index contributed by atoms with van der Waals surface area (Å²) in [4.78, 5) is 0. The molecule has 0 unspecified atom stereocenters. The lowest BCUT2D eigenvalue weighted by Crippen LogP contribution is -1.77. The van der Waals surface area contributed by atoms with Crippen LogP contribution < -0.4 is 0 Å². The van der Waals surface area contributed by atoms with Crippen molar-refractivity contribution < 1.29 is 0 Å². The molecule has 0 fully saturated rings. The molecule has 0 spiro atoms. The van der Waals surface area contributed by atoms with Gasteiger partial charge in [-0.05, 0) is 25.7 Å². The predicted molar refractivity (Wildman–Crippen MR) is 34.3 cm³/mol. The first-order valence-corrected chi connectivity index (χ1v) is 2.65. The lowest BCUT2D eigenvalue weighted by Gasteiger charge is -1.97. The fourth-order valence-electron chi connectivity index (χ4n) is 0.760. The van der Waals surface area contributed by atoms with Gasteiger partial charge in [0, 0.05) is 0 Å².